The van der Waals surface area contributed by atoms with Gasteiger partial charge >= 0.3 is 6.18 Å². The molecule has 11 heteroatoms. The van der Waals surface area contributed by atoms with E-state index in [9.17, 15) is 23.1 Å². The number of hydrogen-bond donors (Lipinski definition) is 1. The average molecular weight is 486 g/mol. The summed E-state index contributed by atoms with van der Waals surface area (Å²) in [6.45, 7) is 1.54. The number of aliphatic hydroxyl groups excluding tert-OH is 1. The van der Waals surface area contributed by atoms with Crippen LogP contribution in [0.5, 0.6) is 0 Å². The molecule has 0 spiro atoms. The minimum atomic E-state index is -4.51. The number of hydrogen-bond acceptors (Lipinski definition) is 5. The van der Waals surface area contributed by atoms with Crippen LogP contribution in [0.4, 0.5) is 13.2 Å². The van der Waals surface area contributed by atoms with Gasteiger partial charge in [-0.25, -0.2) is 4.98 Å². The molecule has 4 aromatic heterocycles. The zero-order valence-corrected chi connectivity index (χ0v) is 19.2. The van der Waals surface area contributed by atoms with Gasteiger partial charge in [-0.1, -0.05) is 18.9 Å². The smallest absolute Gasteiger partial charge is 0.389 e. The van der Waals surface area contributed by atoms with E-state index < -0.39 is 18.8 Å². The average Bonchev–Trinajstić information content (AvgIpc) is 3.26. The van der Waals surface area contributed by atoms with Crippen LogP contribution < -0.4 is 0 Å². The van der Waals surface area contributed by atoms with Gasteiger partial charge in [0, 0.05) is 30.9 Å². The fourth-order valence-electron chi connectivity index (χ4n) is 4.52. The highest BCUT2D eigenvalue weighted by atomic mass is 19.4. The fourth-order valence-corrected chi connectivity index (χ4v) is 4.52. The highest BCUT2D eigenvalue weighted by molar-refractivity contribution is 5.99. The minimum absolute atomic E-state index is 0.101. The number of alkyl halides is 3. The molecule has 1 N–H and O–H groups in total. The van der Waals surface area contributed by atoms with E-state index in [2.05, 4.69) is 15.1 Å². The highest BCUT2D eigenvalue weighted by Crippen LogP contribution is 2.31. The number of fused-ring (bicyclic) bond motifs is 2. The van der Waals surface area contributed by atoms with E-state index in [0.29, 0.717) is 35.4 Å². The maximum atomic E-state index is 13.4. The Kier molecular flexibility index (Phi) is 5.96. The summed E-state index contributed by atoms with van der Waals surface area (Å²) in [5.41, 5.74) is 2.18. The molecule has 35 heavy (non-hydrogen) atoms. The maximum Gasteiger partial charge on any atom is 0.408 e. The summed E-state index contributed by atoms with van der Waals surface area (Å²) in [6, 6.07) is 4.85. The van der Waals surface area contributed by atoms with E-state index in [1.165, 1.54) is 18.5 Å². The van der Waals surface area contributed by atoms with E-state index in [4.69, 9.17) is 0 Å². The summed E-state index contributed by atoms with van der Waals surface area (Å²) in [7, 11) is 0. The van der Waals surface area contributed by atoms with Gasteiger partial charge in [0.2, 0.25) is 0 Å². The van der Waals surface area contributed by atoms with Crippen molar-refractivity contribution >= 4 is 22.5 Å². The summed E-state index contributed by atoms with van der Waals surface area (Å²) in [6.07, 6.45) is 3.27. The predicted molar refractivity (Wildman–Crippen MR) is 123 cm³/mol. The number of rotatable bonds is 4. The first-order chi connectivity index (χ1) is 16.7. The topological polar surface area (TPSA) is 88.5 Å². The van der Waals surface area contributed by atoms with Crippen molar-refractivity contribution in [3.63, 3.8) is 0 Å². The number of aromatic nitrogens is 5. The molecule has 184 valence electrons. The van der Waals surface area contributed by atoms with Gasteiger partial charge in [0.05, 0.1) is 23.5 Å². The molecule has 1 amide bonds. The largest absolute Gasteiger partial charge is 0.408 e. The lowest BCUT2D eigenvalue weighted by Gasteiger charge is -2.19. The number of likely N-dealkylation sites (tertiary alicyclic amines) is 1. The molecule has 0 bridgehead atoms. The molecule has 8 nitrogen and oxygen atoms in total. The van der Waals surface area contributed by atoms with Crippen molar-refractivity contribution in [2.45, 2.75) is 51.4 Å². The van der Waals surface area contributed by atoms with Crippen LogP contribution in [0.2, 0.25) is 0 Å². The number of carbonyl (C=O) groups excluding carboxylic acids is 1. The Morgan fingerprint density at radius 2 is 1.86 bits per heavy atom. The zero-order valence-electron chi connectivity index (χ0n) is 19.2. The lowest BCUT2D eigenvalue weighted by molar-refractivity contribution is -0.141. The summed E-state index contributed by atoms with van der Waals surface area (Å²) in [5.74, 6) is -0.286. The SMILES string of the molecule is CC(O)c1ccc2ncc(-c3nn(CC(F)(F)F)c4cc(C(=O)N5CCCCCC5)ncc34)n2c1. The normalized spacial score (nSPS) is 16.1. The van der Waals surface area contributed by atoms with Crippen molar-refractivity contribution in [1.29, 1.82) is 0 Å². The highest BCUT2D eigenvalue weighted by Gasteiger charge is 2.31. The Labute approximate surface area is 199 Å². The number of aliphatic hydroxyl groups is 1. The summed E-state index contributed by atoms with van der Waals surface area (Å²) < 4.78 is 42.8. The first kappa shape index (κ1) is 23.3. The fraction of sp³-hybridized carbons (Fsp3) is 0.417. The molecule has 1 aliphatic rings. The standard InChI is InChI=1S/C24H25F3N6O2/c1-15(34)16-6-7-21-29-12-20(32(21)13-16)22-17-11-28-18(23(35)31-8-4-2-3-5-9-31)10-19(17)33(30-22)14-24(25,26)27/h6-7,10-13,15,34H,2-5,8-9,14H2,1H3. The van der Waals surface area contributed by atoms with Gasteiger partial charge in [0.25, 0.3) is 5.91 Å². The quantitative estimate of drug-likeness (QED) is 0.463. The molecule has 0 saturated carbocycles. The van der Waals surface area contributed by atoms with Gasteiger partial charge in [-0.2, -0.15) is 18.3 Å². The van der Waals surface area contributed by atoms with Crippen LogP contribution in [-0.4, -0.2) is 59.3 Å². The van der Waals surface area contributed by atoms with Gasteiger partial charge in [-0.3, -0.25) is 18.9 Å². The summed E-state index contributed by atoms with van der Waals surface area (Å²) >= 11 is 0. The molecule has 1 unspecified atom stereocenters. The first-order valence-electron chi connectivity index (χ1n) is 11.6. The van der Waals surface area contributed by atoms with Gasteiger partial charge < -0.3 is 10.0 Å². The first-order valence-corrected chi connectivity index (χ1v) is 11.6. The molecule has 0 radical (unpaired) electrons. The van der Waals surface area contributed by atoms with Crippen molar-refractivity contribution in [1.82, 2.24) is 29.0 Å². The van der Waals surface area contributed by atoms with Gasteiger partial charge in [-0.05, 0) is 37.5 Å². The van der Waals surface area contributed by atoms with Crippen molar-refractivity contribution in [2.24, 2.45) is 0 Å². The predicted octanol–water partition coefficient (Wildman–Crippen LogP) is 4.38. The van der Waals surface area contributed by atoms with Gasteiger partial charge in [-0.15, -0.1) is 0 Å². The molecule has 0 aliphatic carbocycles. The molecule has 1 aliphatic heterocycles. The molecule has 1 saturated heterocycles. The maximum absolute atomic E-state index is 13.4. The van der Waals surface area contributed by atoms with E-state index in [-0.39, 0.29) is 22.8 Å². The zero-order chi connectivity index (χ0) is 24.7. The molecule has 5 heterocycles. The van der Waals surface area contributed by atoms with Gasteiger partial charge in [0.15, 0.2) is 0 Å². The number of halogens is 3. The lowest BCUT2D eigenvalue weighted by atomic mass is 10.1. The number of carbonyl (C=O) groups is 1. The molecule has 4 aromatic rings. The molecular formula is C24H25F3N6O2. The molecule has 1 atom stereocenters. The van der Waals surface area contributed by atoms with E-state index in [1.807, 2.05) is 0 Å². The summed E-state index contributed by atoms with van der Waals surface area (Å²) in [5, 5.41) is 14.6. The second kappa shape index (κ2) is 8.95. The van der Waals surface area contributed by atoms with Crippen molar-refractivity contribution in [3.8, 4) is 11.4 Å². The van der Waals surface area contributed by atoms with Crippen LogP contribution in [0.3, 0.4) is 0 Å². The van der Waals surface area contributed by atoms with Crippen LogP contribution in [-0.2, 0) is 6.54 Å². The van der Waals surface area contributed by atoms with Crippen LogP contribution in [0.15, 0.2) is 36.8 Å². The van der Waals surface area contributed by atoms with Crippen LogP contribution >= 0.6 is 0 Å². The van der Waals surface area contributed by atoms with E-state index in [1.54, 1.807) is 34.6 Å². The molecule has 0 aromatic carbocycles. The third kappa shape index (κ3) is 4.60. The Balaban J connectivity index is 1.63. The second-order valence-electron chi connectivity index (χ2n) is 8.92. The number of imidazole rings is 1. The van der Waals surface area contributed by atoms with E-state index >= 15 is 0 Å². The Morgan fingerprint density at radius 1 is 1.11 bits per heavy atom. The monoisotopic (exact) mass is 486 g/mol. The molecule has 5 rings (SSSR count). The van der Waals surface area contributed by atoms with Crippen LogP contribution in [0.1, 0.15) is 54.8 Å². The van der Waals surface area contributed by atoms with E-state index in [0.717, 1.165) is 30.4 Å². The number of pyridine rings is 2. The van der Waals surface area contributed by atoms with Gasteiger partial charge in [0.1, 0.15) is 23.6 Å². The van der Waals surface area contributed by atoms with Crippen molar-refractivity contribution in [3.05, 3.63) is 48.0 Å². The molecular weight excluding hydrogens is 461 g/mol. The van der Waals surface area contributed by atoms with Crippen LogP contribution in [0.25, 0.3) is 27.9 Å². The Morgan fingerprint density at radius 3 is 2.54 bits per heavy atom. The Bertz CT molecular complexity index is 1380. The number of nitrogens with zero attached hydrogens (tertiary/aromatic N) is 6. The number of amides is 1. The Hall–Kier alpha value is -3.47. The van der Waals surface area contributed by atoms with Crippen molar-refractivity contribution in [2.75, 3.05) is 13.1 Å². The van der Waals surface area contributed by atoms with Crippen LogP contribution in [0, 0.1) is 0 Å². The second-order valence-corrected chi connectivity index (χ2v) is 8.92. The van der Waals surface area contributed by atoms with Crippen molar-refractivity contribution < 1.29 is 23.1 Å². The lowest BCUT2D eigenvalue weighted by Crippen LogP contribution is -2.32. The third-order valence-corrected chi connectivity index (χ3v) is 6.33. The summed E-state index contributed by atoms with van der Waals surface area (Å²) in [4.78, 5) is 23.4. The molecule has 1 fully saturated rings. The minimum Gasteiger partial charge on any atom is -0.389 e. The third-order valence-electron chi connectivity index (χ3n) is 6.33.